The lowest BCUT2D eigenvalue weighted by Crippen LogP contribution is -1.99. The first-order chi connectivity index (χ1) is 9.29. The predicted octanol–water partition coefficient (Wildman–Crippen LogP) is 5.41. The molecule has 0 saturated carbocycles. The molecule has 2 nitrogen and oxygen atoms in total. The molecule has 0 fully saturated rings. The van der Waals surface area contributed by atoms with E-state index in [1.165, 1.54) is 44.9 Å². The molecular formula is C17H30O2. The maximum absolute atomic E-state index is 10.1. The molecule has 1 heterocycles. The van der Waals surface area contributed by atoms with Crippen LogP contribution in [-0.4, -0.2) is 5.11 Å². The van der Waals surface area contributed by atoms with E-state index in [2.05, 4.69) is 13.8 Å². The first kappa shape index (κ1) is 16.3. The van der Waals surface area contributed by atoms with Crippen LogP contribution in [0.4, 0.5) is 0 Å². The van der Waals surface area contributed by atoms with Crippen LogP contribution < -0.4 is 0 Å². The zero-order chi connectivity index (χ0) is 13.9. The number of rotatable bonds is 11. The molecule has 110 valence electrons. The number of unbranched alkanes of at least 4 members (excludes halogenated alkanes) is 7. The van der Waals surface area contributed by atoms with E-state index in [-0.39, 0.29) is 6.10 Å². The summed E-state index contributed by atoms with van der Waals surface area (Å²) in [4.78, 5) is 0. The van der Waals surface area contributed by atoms with Crippen LogP contribution in [0.1, 0.15) is 89.1 Å². The fraction of sp³-hybridized carbons (Fsp3) is 0.765. The average Bonchev–Trinajstić information content (AvgIpc) is 2.90. The maximum atomic E-state index is 10.1. The standard InChI is InChI=1S/C17H30O2/c1-3-5-6-7-8-9-10-11-12-16(18)15-13-14-19-17(15)4-2/h13-14,16,18H,3-12H2,1-2H3. The van der Waals surface area contributed by atoms with Gasteiger partial charge in [0.1, 0.15) is 5.76 Å². The number of hydrogen-bond donors (Lipinski definition) is 1. The second kappa shape index (κ2) is 10.1. The van der Waals surface area contributed by atoms with Gasteiger partial charge in [-0.15, -0.1) is 0 Å². The summed E-state index contributed by atoms with van der Waals surface area (Å²) in [6.07, 6.45) is 13.5. The lowest BCUT2D eigenvalue weighted by molar-refractivity contribution is 0.161. The fourth-order valence-electron chi connectivity index (χ4n) is 2.56. The zero-order valence-electron chi connectivity index (χ0n) is 12.7. The van der Waals surface area contributed by atoms with Gasteiger partial charge in [0.25, 0.3) is 0 Å². The smallest absolute Gasteiger partial charge is 0.109 e. The molecule has 0 aliphatic rings. The van der Waals surface area contributed by atoms with E-state index < -0.39 is 0 Å². The second-order valence-electron chi connectivity index (χ2n) is 5.43. The monoisotopic (exact) mass is 266 g/mol. The summed E-state index contributed by atoms with van der Waals surface area (Å²) in [5, 5.41) is 10.1. The minimum absolute atomic E-state index is 0.339. The van der Waals surface area contributed by atoms with Crippen molar-refractivity contribution in [3.8, 4) is 0 Å². The van der Waals surface area contributed by atoms with E-state index in [1.807, 2.05) is 6.07 Å². The summed E-state index contributed by atoms with van der Waals surface area (Å²) in [7, 11) is 0. The number of aliphatic hydroxyl groups is 1. The lowest BCUT2D eigenvalue weighted by atomic mass is 10.0. The highest BCUT2D eigenvalue weighted by molar-refractivity contribution is 5.19. The van der Waals surface area contributed by atoms with Crippen molar-refractivity contribution in [2.24, 2.45) is 0 Å². The Balaban J connectivity index is 2.06. The third-order valence-electron chi connectivity index (χ3n) is 3.79. The van der Waals surface area contributed by atoms with E-state index in [1.54, 1.807) is 6.26 Å². The summed E-state index contributed by atoms with van der Waals surface area (Å²) in [6, 6.07) is 1.91. The Morgan fingerprint density at radius 3 is 2.26 bits per heavy atom. The van der Waals surface area contributed by atoms with Crippen molar-refractivity contribution in [3.63, 3.8) is 0 Å². The molecule has 1 atom stereocenters. The number of aryl methyl sites for hydroxylation is 1. The average molecular weight is 266 g/mol. The highest BCUT2D eigenvalue weighted by Crippen LogP contribution is 2.24. The molecule has 19 heavy (non-hydrogen) atoms. The summed E-state index contributed by atoms with van der Waals surface area (Å²) < 4.78 is 5.36. The molecule has 0 radical (unpaired) electrons. The highest BCUT2D eigenvalue weighted by Gasteiger charge is 2.13. The van der Waals surface area contributed by atoms with Crippen LogP contribution in [0.15, 0.2) is 16.7 Å². The van der Waals surface area contributed by atoms with E-state index in [9.17, 15) is 5.11 Å². The topological polar surface area (TPSA) is 33.4 Å². The van der Waals surface area contributed by atoms with Gasteiger partial charge in [-0.05, 0) is 12.5 Å². The molecule has 1 aromatic rings. The Labute approximate surface area is 118 Å². The van der Waals surface area contributed by atoms with Gasteiger partial charge in [0.2, 0.25) is 0 Å². The van der Waals surface area contributed by atoms with Crippen molar-refractivity contribution in [2.75, 3.05) is 0 Å². The van der Waals surface area contributed by atoms with Crippen molar-refractivity contribution < 1.29 is 9.52 Å². The molecule has 1 N–H and O–H groups in total. The van der Waals surface area contributed by atoms with Gasteiger partial charge in [0.15, 0.2) is 0 Å². The minimum Gasteiger partial charge on any atom is -0.469 e. The van der Waals surface area contributed by atoms with Crippen molar-refractivity contribution in [1.82, 2.24) is 0 Å². The zero-order valence-corrected chi connectivity index (χ0v) is 12.7. The van der Waals surface area contributed by atoms with Gasteiger partial charge in [0.05, 0.1) is 12.4 Å². The van der Waals surface area contributed by atoms with Gasteiger partial charge < -0.3 is 9.52 Å². The van der Waals surface area contributed by atoms with E-state index in [0.717, 1.165) is 30.6 Å². The Morgan fingerprint density at radius 2 is 1.63 bits per heavy atom. The Kier molecular flexibility index (Phi) is 8.64. The molecule has 0 spiro atoms. The van der Waals surface area contributed by atoms with Crippen LogP contribution >= 0.6 is 0 Å². The van der Waals surface area contributed by atoms with E-state index >= 15 is 0 Å². The second-order valence-corrected chi connectivity index (χ2v) is 5.43. The first-order valence-electron chi connectivity index (χ1n) is 8.03. The number of furan rings is 1. The van der Waals surface area contributed by atoms with Gasteiger partial charge in [-0.2, -0.15) is 0 Å². The third-order valence-corrected chi connectivity index (χ3v) is 3.79. The SMILES string of the molecule is CCCCCCCCCCC(O)c1ccoc1CC. The van der Waals surface area contributed by atoms with Gasteiger partial charge in [-0.3, -0.25) is 0 Å². The predicted molar refractivity (Wildman–Crippen MR) is 80.3 cm³/mol. The van der Waals surface area contributed by atoms with Crippen molar-refractivity contribution in [2.45, 2.75) is 84.2 Å². The summed E-state index contributed by atoms with van der Waals surface area (Å²) in [6.45, 7) is 4.31. The Bertz CT molecular complexity index is 317. The number of aliphatic hydroxyl groups excluding tert-OH is 1. The minimum atomic E-state index is -0.339. The molecule has 0 aliphatic carbocycles. The summed E-state index contributed by atoms with van der Waals surface area (Å²) in [5.41, 5.74) is 0.991. The van der Waals surface area contributed by atoms with E-state index in [4.69, 9.17) is 4.42 Å². The maximum Gasteiger partial charge on any atom is 0.109 e. The van der Waals surface area contributed by atoms with Crippen LogP contribution in [0, 0.1) is 0 Å². The van der Waals surface area contributed by atoms with Gasteiger partial charge in [-0.25, -0.2) is 0 Å². The number of hydrogen-bond acceptors (Lipinski definition) is 2. The fourth-order valence-corrected chi connectivity index (χ4v) is 2.56. The van der Waals surface area contributed by atoms with Crippen molar-refractivity contribution in [3.05, 3.63) is 23.7 Å². The third kappa shape index (κ3) is 6.29. The Morgan fingerprint density at radius 1 is 1.00 bits per heavy atom. The van der Waals surface area contributed by atoms with Crippen LogP contribution in [-0.2, 0) is 6.42 Å². The molecular weight excluding hydrogens is 236 g/mol. The molecule has 1 aromatic heterocycles. The van der Waals surface area contributed by atoms with Crippen LogP contribution in [0.2, 0.25) is 0 Å². The van der Waals surface area contributed by atoms with E-state index in [0.29, 0.717) is 0 Å². The normalized spacial score (nSPS) is 12.8. The first-order valence-corrected chi connectivity index (χ1v) is 8.03. The highest BCUT2D eigenvalue weighted by atomic mass is 16.3. The molecule has 0 aliphatic heterocycles. The van der Waals surface area contributed by atoms with Crippen LogP contribution in [0.25, 0.3) is 0 Å². The molecule has 1 rings (SSSR count). The lowest BCUT2D eigenvalue weighted by Gasteiger charge is -2.10. The molecule has 0 bridgehead atoms. The van der Waals surface area contributed by atoms with Gasteiger partial charge >= 0.3 is 0 Å². The van der Waals surface area contributed by atoms with Gasteiger partial charge in [0, 0.05) is 12.0 Å². The van der Waals surface area contributed by atoms with Crippen LogP contribution in [0.3, 0.4) is 0 Å². The largest absolute Gasteiger partial charge is 0.469 e. The van der Waals surface area contributed by atoms with Crippen LogP contribution in [0.5, 0.6) is 0 Å². The molecule has 0 amide bonds. The Hall–Kier alpha value is -0.760. The molecule has 2 heteroatoms. The quantitative estimate of drug-likeness (QED) is 0.543. The molecule has 0 aromatic carbocycles. The van der Waals surface area contributed by atoms with Gasteiger partial charge in [-0.1, -0.05) is 65.2 Å². The summed E-state index contributed by atoms with van der Waals surface area (Å²) in [5.74, 6) is 0.937. The molecule has 1 unspecified atom stereocenters. The summed E-state index contributed by atoms with van der Waals surface area (Å²) >= 11 is 0. The van der Waals surface area contributed by atoms with Crippen molar-refractivity contribution in [1.29, 1.82) is 0 Å². The molecule has 0 saturated heterocycles. The van der Waals surface area contributed by atoms with Crippen molar-refractivity contribution >= 4 is 0 Å².